The molecule has 3 aromatic rings. The average molecular weight is 359 g/mol. The van der Waals surface area contributed by atoms with Crippen molar-refractivity contribution in [2.75, 3.05) is 25.1 Å². The quantitative estimate of drug-likeness (QED) is 0.570. The summed E-state index contributed by atoms with van der Waals surface area (Å²) >= 11 is 1.49. The second kappa shape index (κ2) is 8.31. The minimum Gasteiger partial charge on any atom is -0.395 e. The molecule has 0 bridgehead atoms. The number of fused-ring (bicyclic) bond motifs is 1. The molecule has 4 nitrogen and oxygen atoms in total. The summed E-state index contributed by atoms with van der Waals surface area (Å²) in [4.78, 5) is 6.46. The number of anilines is 1. The summed E-state index contributed by atoms with van der Waals surface area (Å²) in [5.74, 6) is 5.99. The third kappa shape index (κ3) is 4.10. The molecule has 5 heteroatoms. The van der Waals surface area contributed by atoms with E-state index in [9.17, 15) is 5.26 Å². The standard InChI is InChI=1S/C21H17N3OS/c1-24(13-14-25)18-11-9-16(10-12-18)5-4-6-17(15-22)21-23-19-7-2-3-8-20(19)26-21/h2-3,6-12,25H,13-14H2,1H3/b17-6+. The normalized spacial score (nSPS) is 10.9. The molecule has 0 amide bonds. The van der Waals surface area contributed by atoms with Crippen LogP contribution < -0.4 is 4.90 Å². The maximum atomic E-state index is 9.40. The van der Waals surface area contributed by atoms with Crippen LogP contribution in [0.15, 0.2) is 54.6 Å². The van der Waals surface area contributed by atoms with Crippen LogP contribution in [0, 0.1) is 23.2 Å². The minimum atomic E-state index is 0.117. The Balaban J connectivity index is 1.79. The molecule has 0 fully saturated rings. The molecule has 128 valence electrons. The summed E-state index contributed by atoms with van der Waals surface area (Å²) in [6.07, 6.45) is 1.61. The molecule has 2 aromatic carbocycles. The lowest BCUT2D eigenvalue weighted by molar-refractivity contribution is 0.304. The van der Waals surface area contributed by atoms with Crippen molar-refractivity contribution in [2.24, 2.45) is 0 Å². The maximum Gasteiger partial charge on any atom is 0.135 e. The molecule has 1 N–H and O–H groups in total. The fraction of sp³-hybridized carbons (Fsp3) is 0.143. The highest BCUT2D eigenvalue weighted by molar-refractivity contribution is 7.19. The predicted molar refractivity (Wildman–Crippen MR) is 107 cm³/mol. The van der Waals surface area contributed by atoms with Crippen molar-refractivity contribution in [2.45, 2.75) is 0 Å². The van der Waals surface area contributed by atoms with E-state index in [0.29, 0.717) is 17.1 Å². The van der Waals surface area contributed by atoms with Gasteiger partial charge in [-0.15, -0.1) is 11.3 Å². The van der Waals surface area contributed by atoms with E-state index >= 15 is 0 Å². The number of thiazole rings is 1. The van der Waals surface area contributed by atoms with Gasteiger partial charge in [0.1, 0.15) is 11.1 Å². The van der Waals surface area contributed by atoms with Gasteiger partial charge in [0.25, 0.3) is 0 Å². The van der Waals surface area contributed by atoms with Crippen LogP contribution in [0.3, 0.4) is 0 Å². The number of likely N-dealkylation sites (N-methyl/N-ethyl adjacent to an activating group) is 1. The Hall–Kier alpha value is -3.12. The number of allylic oxidation sites excluding steroid dienone is 2. The maximum absolute atomic E-state index is 9.40. The Bertz CT molecular complexity index is 1000. The number of benzene rings is 2. The Morgan fingerprint density at radius 2 is 2.00 bits per heavy atom. The summed E-state index contributed by atoms with van der Waals surface area (Å²) in [5, 5.41) is 19.1. The first-order valence-corrected chi connectivity index (χ1v) is 8.92. The van der Waals surface area contributed by atoms with Crippen LogP contribution in [0.4, 0.5) is 5.69 Å². The molecule has 0 unspecified atom stereocenters. The lowest BCUT2D eigenvalue weighted by Gasteiger charge is -2.17. The molecule has 0 spiro atoms. The van der Waals surface area contributed by atoms with Gasteiger partial charge in [0.2, 0.25) is 0 Å². The molecule has 0 aliphatic carbocycles. The number of rotatable bonds is 4. The van der Waals surface area contributed by atoms with Gasteiger partial charge in [-0.25, -0.2) is 4.98 Å². The van der Waals surface area contributed by atoms with Crippen molar-refractivity contribution in [3.63, 3.8) is 0 Å². The number of aromatic nitrogens is 1. The molecule has 0 atom stereocenters. The fourth-order valence-electron chi connectivity index (χ4n) is 2.40. The van der Waals surface area contributed by atoms with Crippen molar-refractivity contribution in [3.05, 3.63) is 65.2 Å². The molecule has 0 radical (unpaired) electrons. The summed E-state index contributed by atoms with van der Waals surface area (Å²) < 4.78 is 1.05. The topological polar surface area (TPSA) is 60.1 Å². The Labute approximate surface area is 156 Å². The van der Waals surface area contributed by atoms with E-state index in [4.69, 9.17) is 5.11 Å². The van der Waals surface area contributed by atoms with Crippen molar-refractivity contribution in [1.82, 2.24) is 4.98 Å². The van der Waals surface area contributed by atoms with Crippen LogP contribution >= 0.6 is 11.3 Å². The van der Waals surface area contributed by atoms with Crippen LogP contribution in [-0.2, 0) is 0 Å². The van der Waals surface area contributed by atoms with E-state index in [0.717, 1.165) is 21.5 Å². The third-order valence-electron chi connectivity index (χ3n) is 3.82. The van der Waals surface area contributed by atoms with Crippen LogP contribution in [-0.4, -0.2) is 30.3 Å². The first-order chi connectivity index (χ1) is 12.7. The van der Waals surface area contributed by atoms with Crippen molar-refractivity contribution < 1.29 is 5.11 Å². The zero-order valence-electron chi connectivity index (χ0n) is 14.3. The minimum absolute atomic E-state index is 0.117. The first kappa shape index (κ1) is 17.7. The van der Waals surface area contributed by atoms with Crippen LogP contribution in [0.25, 0.3) is 15.8 Å². The van der Waals surface area contributed by atoms with Gasteiger partial charge >= 0.3 is 0 Å². The molecule has 26 heavy (non-hydrogen) atoms. The van der Waals surface area contributed by atoms with E-state index in [1.54, 1.807) is 6.08 Å². The summed E-state index contributed by atoms with van der Waals surface area (Å²) in [6, 6.07) is 17.8. The molecular weight excluding hydrogens is 342 g/mol. The number of nitriles is 1. The Morgan fingerprint density at radius 3 is 2.69 bits per heavy atom. The largest absolute Gasteiger partial charge is 0.395 e. The highest BCUT2D eigenvalue weighted by Crippen LogP contribution is 2.26. The lowest BCUT2D eigenvalue weighted by Crippen LogP contribution is -2.20. The van der Waals surface area contributed by atoms with Gasteiger partial charge in [-0.05, 0) is 36.4 Å². The van der Waals surface area contributed by atoms with E-state index in [2.05, 4.69) is 22.9 Å². The average Bonchev–Trinajstić information content (AvgIpc) is 3.10. The molecule has 3 rings (SSSR count). The number of aliphatic hydroxyl groups excluding tert-OH is 1. The van der Waals surface area contributed by atoms with Gasteiger partial charge in [0.05, 0.1) is 22.4 Å². The summed E-state index contributed by atoms with van der Waals surface area (Å²) in [6.45, 7) is 0.701. The molecule has 1 aromatic heterocycles. The van der Waals surface area contributed by atoms with Crippen LogP contribution in [0.5, 0.6) is 0 Å². The molecule has 0 saturated heterocycles. The van der Waals surface area contributed by atoms with Crippen molar-refractivity contribution in [3.8, 4) is 17.9 Å². The van der Waals surface area contributed by atoms with E-state index in [-0.39, 0.29) is 6.61 Å². The summed E-state index contributed by atoms with van der Waals surface area (Å²) in [7, 11) is 1.93. The second-order valence-electron chi connectivity index (χ2n) is 5.62. The van der Waals surface area contributed by atoms with E-state index in [1.807, 2.05) is 60.5 Å². The number of aliphatic hydroxyl groups is 1. The molecule has 0 saturated carbocycles. The molecule has 1 heterocycles. The number of para-hydroxylation sites is 1. The predicted octanol–water partition coefficient (Wildman–Crippen LogP) is 3.68. The van der Waals surface area contributed by atoms with E-state index < -0.39 is 0 Å². The zero-order chi connectivity index (χ0) is 18.4. The van der Waals surface area contributed by atoms with Gasteiger partial charge in [-0.2, -0.15) is 5.26 Å². The first-order valence-electron chi connectivity index (χ1n) is 8.11. The lowest BCUT2D eigenvalue weighted by atomic mass is 10.2. The molecule has 0 aliphatic rings. The summed E-state index contributed by atoms with van der Waals surface area (Å²) in [5.41, 5.74) is 3.25. The van der Waals surface area contributed by atoms with Crippen LogP contribution in [0.1, 0.15) is 10.6 Å². The highest BCUT2D eigenvalue weighted by atomic mass is 32.1. The smallest absolute Gasteiger partial charge is 0.135 e. The number of hydrogen-bond donors (Lipinski definition) is 1. The number of nitrogens with zero attached hydrogens (tertiary/aromatic N) is 3. The third-order valence-corrected chi connectivity index (χ3v) is 4.89. The number of hydrogen-bond acceptors (Lipinski definition) is 5. The Kier molecular flexibility index (Phi) is 5.66. The van der Waals surface area contributed by atoms with Gasteiger partial charge in [0.15, 0.2) is 0 Å². The SMILES string of the molecule is CN(CCO)c1ccc(C#C/C=C(\C#N)c2nc3ccccc3s2)cc1. The zero-order valence-corrected chi connectivity index (χ0v) is 15.1. The van der Waals surface area contributed by atoms with Crippen LogP contribution in [0.2, 0.25) is 0 Å². The second-order valence-corrected chi connectivity index (χ2v) is 6.65. The van der Waals surface area contributed by atoms with Gasteiger partial charge < -0.3 is 10.0 Å². The van der Waals surface area contributed by atoms with Gasteiger partial charge in [-0.3, -0.25) is 0 Å². The van der Waals surface area contributed by atoms with Crippen molar-refractivity contribution >= 4 is 32.8 Å². The van der Waals surface area contributed by atoms with Gasteiger partial charge in [0, 0.05) is 30.9 Å². The fourth-order valence-corrected chi connectivity index (χ4v) is 3.33. The molecule has 0 aliphatic heterocycles. The monoisotopic (exact) mass is 359 g/mol. The van der Waals surface area contributed by atoms with Gasteiger partial charge in [-0.1, -0.05) is 24.0 Å². The Morgan fingerprint density at radius 1 is 1.23 bits per heavy atom. The highest BCUT2D eigenvalue weighted by Gasteiger charge is 2.07. The molecular formula is C21H17N3OS. The van der Waals surface area contributed by atoms with E-state index in [1.165, 1.54) is 11.3 Å². The van der Waals surface area contributed by atoms with Crippen molar-refractivity contribution in [1.29, 1.82) is 5.26 Å².